The maximum absolute atomic E-state index is 13.6. The average Bonchev–Trinajstić information content (AvgIpc) is 3.51. The quantitative estimate of drug-likeness (QED) is 0.246. The molecule has 4 atom stereocenters. The van der Waals surface area contributed by atoms with Gasteiger partial charge in [0, 0.05) is 22.7 Å². The van der Waals surface area contributed by atoms with E-state index in [1.54, 1.807) is 0 Å². The molecule has 2 aromatic carbocycles. The van der Waals surface area contributed by atoms with E-state index >= 15 is 0 Å². The molecule has 0 radical (unpaired) electrons. The molecule has 0 aromatic heterocycles. The fourth-order valence-electron chi connectivity index (χ4n) is 5.69. The molecule has 11 heteroatoms. The molecule has 3 fully saturated rings. The number of halogens is 2. The molecule has 1 aliphatic heterocycles. The monoisotopic (exact) mass is 515 g/mol. The molecule has 9 nitrogen and oxygen atoms in total. The molecule has 3 amide bonds. The summed E-state index contributed by atoms with van der Waals surface area (Å²) in [5.41, 5.74) is -0.365. The first-order chi connectivity index (χ1) is 16.7. The molecule has 180 valence electrons. The summed E-state index contributed by atoms with van der Waals surface area (Å²) >= 11 is 12.2. The molecule has 0 unspecified atom stereocenters. The first-order valence-electron chi connectivity index (χ1n) is 11.1. The lowest BCUT2D eigenvalue weighted by molar-refractivity contribution is -0.384. The lowest BCUT2D eigenvalue weighted by Gasteiger charge is -2.31. The zero-order valence-electron chi connectivity index (χ0n) is 18.2. The van der Waals surface area contributed by atoms with Crippen LogP contribution >= 0.6 is 23.2 Å². The summed E-state index contributed by atoms with van der Waals surface area (Å²) in [4.78, 5) is 64.1. The lowest BCUT2D eigenvalue weighted by atomic mass is 9.81. The fraction of sp³-hybridized carbons (Fsp3) is 0.333. The van der Waals surface area contributed by atoms with E-state index in [2.05, 4.69) is 0 Å². The molecule has 35 heavy (non-hydrogen) atoms. The number of fused-ring (bicyclic) bond motifs is 5. The molecule has 0 N–H and O–H groups in total. The molecular weight excluding hydrogens is 497 g/mol. The zero-order chi connectivity index (χ0) is 25.0. The van der Waals surface area contributed by atoms with Crippen LogP contribution < -0.4 is 0 Å². The Morgan fingerprint density at radius 1 is 1.03 bits per heavy atom. The van der Waals surface area contributed by atoms with Crippen molar-refractivity contribution in [2.24, 2.45) is 23.7 Å². The van der Waals surface area contributed by atoms with E-state index in [0.717, 1.165) is 35.3 Å². The number of hydrazine groups is 1. The molecule has 0 spiro atoms. The van der Waals surface area contributed by atoms with E-state index in [0.29, 0.717) is 0 Å². The van der Waals surface area contributed by atoms with Gasteiger partial charge in [0.15, 0.2) is 5.78 Å². The number of amides is 3. The number of ketones is 1. The van der Waals surface area contributed by atoms with Crippen LogP contribution in [-0.2, 0) is 9.59 Å². The number of imide groups is 1. The predicted molar refractivity (Wildman–Crippen MR) is 125 cm³/mol. The third-order valence-electron chi connectivity index (χ3n) is 7.21. The van der Waals surface area contributed by atoms with Gasteiger partial charge in [0.25, 0.3) is 23.4 Å². The van der Waals surface area contributed by atoms with E-state index in [4.69, 9.17) is 23.2 Å². The third kappa shape index (κ3) is 3.88. The molecule has 2 aromatic rings. The summed E-state index contributed by atoms with van der Waals surface area (Å²) in [6.07, 6.45) is 2.51. The molecular formula is C24H19Cl2N3O6. The van der Waals surface area contributed by atoms with Crippen molar-refractivity contribution in [3.8, 4) is 0 Å². The van der Waals surface area contributed by atoms with Crippen LogP contribution in [0, 0.1) is 33.8 Å². The van der Waals surface area contributed by atoms with E-state index in [-0.39, 0.29) is 38.7 Å². The van der Waals surface area contributed by atoms with Gasteiger partial charge in [-0.2, -0.15) is 5.01 Å². The van der Waals surface area contributed by atoms with Gasteiger partial charge in [0.2, 0.25) is 0 Å². The zero-order valence-corrected chi connectivity index (χ0v) is 19.7. The Morgan fingerprint density at radius 2 is 1.69 bits per heavy atom. The normalized spacial score (nSPS) is 24.6. The van der Waals surface area contributed by atoms with Gasteiger partial charge in [-0.25, -0.2) is 5.01 Å². The number of nitro groups is 1. The largest absolute Gasteiger partial charge is 0.292 e. The smallest absolute Gasteiger partial charge is 0.274 e. The van der Waals surface area contributed by atoms with Crippen LogP contribution in [0.1, 0.15) is 40.0 Å². The highest BCUT2D eigenvalue weighted by Crippen LogP contribution is 2.56. The Kier molecular flexibility index (Phi) is 5.85. The van der Waals surface area contributed by atoms with Gasteiger partial charge in [-0.1, -0.05) is 35.3 Å². The van der Waals surface area contributed by atoms with Crippen LogP contribution in [0.4, 0.5) is 5.69 Å². The van der Waals surface area contributed by atoms with Gasteiger partial charge in [-0.15, -0.1) is 0 Å². The average molecular weight is 516 g/mol. The second-order valence-corrected chi connectivity index (χ2v) is 9.93. The molecule has 1 heterocycles. The number of non-ortho nitro benzene ring substituents is 1. The summed E-state index contributed by atoms with van der Waals surface area (Å²) in [6, 6.07) is 9.18. The number of benzene rings is 2. The van der Waals surface area contributed by atoms with Crippen molar-refractivity contribution in [1.29, 1.82) is 0 Å². The predicted octanol–water partition coefficient (Wildman–Crippen LogP) is 4.17. The van der Waals surface area contributed by atoms with E-state index in [1.807, 2.05) is 0 Å². The maximum Gasteiger partial charge on any atom is 0.274 e. The number of rotatable bonds is 6. The third-order valence-corrected chi connectivity index (χ3v) is 7.76. The number of nitro benzene ring substituents is 1. The molecule has 2 saturated carbocycles. The summed E-state index contributed by atoms with van der Waals surface area (Å²) in [7, 11) is 0. The van der Waals surface area contributed by atoms with Crippen LogP contribution in [0.15, 0.2) is 42.5 Å². The summed E-state index contributed by atoms with van der Waals surface area (Å²) in [5.74, 6) is -3.36. The standard InChI is InChI=1S/C24H19Cl2N3O6/c25-15-6-7-17(18(26)10-15)22(31)27(11-19(30)12-2-1-3-16(9-12)29(34)35)28-23(32)20-13-4-5-14(8-13)21(20)24(28)33/h1-3,6-7,9-10,13-14,20-21H,4-5,8,11H2/t13-,14-,20-,21+/m1/s1. The van der Waals surface area contributed by atoms with Crippen molar-refractivity contribution in [1.82, 2.24) is 10.0 Å². The maximum atomic E-state index is 13.6. The molecule has 2 bridgehead atoms. The second kappa shape index (κ2) is 8.73. The SMILES string of the molecule is O=C(CN(C(=O)c1ccc(Cl)cc1Cl)N1C(=O)[C@@H]2[C@@H]3CC[C@H](C3)[C@@H]2C1=O)c1cccc([N+](=O)[O-])c1. The minimum absolute atomic E-state index is 0.00495. The van der Waals surface area contributed by atoms with E-state index in [1.165, 1.54) is 36.4 Å². The molecule has 2 aliphatic carbocycles. The van der Waals surface area contributed by atoms with Crippen LogP contribution in [-0.4, -0.2) is 45.0 Å². The molecule has 1 saturated heterocycles. The number of carbonyl (C=O) groups excluding carboxylic acids is 4. The Labute approximate surface area is 209 Å². The topological polar surface area (TPSA) is 118 Å². The highest BCUT2D eigenvalue weighted by atomic mass is 35.5. The van der Waals surface area contributed by atoms with Gasteiger partial charge in [0.05, 0.1) is 27.3 Å². The van der Waals surface area contributed by atoms with Gasteiger partial charge < -0.3 is 0 Å². The van der Waals surface area contributed by atoms with Gasteiger partial charge >= 0.3 is 0 Å². The summed E-state index contributed by atoms with van der Waals surface area (Å²) in [5, 5.41) is 13.0. The summed E-state index contributed by atoms with van der Waals surface area (Å²) < 4.78 is 0. The van der Waals surface area contributed by atoms with Crippen LogP contribution in [0.3, 0.4) is 0 Å². The number of nitrogens with zero attached hydrogens (tertiary/aromatic N) is 3. The minimum atomic E-state index is -0.820. The Balaban J connectivity index is 1.52. The Morgan fingerprint density at radius 3 is 2.29 bits per heavy atom. The van der Waals surface area contributed by atoms with Crippen LogP contribution in [0.25, 0.3) is 0 Å². The number of hydrogen-bond acceptors (Lipinski definition) is 6. The summed E-state index contributed by atoms with van der Waals surface area (Å²) in [6.45, 7) is -0.675. The number of Topliss-reactive ketones (excluding diaryl/α,β-unsaturated/α-hetero) is 1. The van der Waals surface area contributed by atoms with Crippen LogP contribution in [0.2, 0.25) is 10.0 Å². The Bertz CT molecular complexity index is 1270. The Hall–Kier alpha value is -3.30. The minimum Gasteiger partial charge on any atom is -0.292 e. The van der Waals surface area contributed by atoms with Crippen molar-refractivity contribution in [2.45, 2.75) is 19.3 Å². The first-order valence-corrected chi connectivity index (χ1v) is 11.8. The van der Waals surface area contributed by atoms with Gasteiger partial charge in [-0.05, 0) is 49.3 Å². The molecule has 5 rings (SSSR count). The molecule has 3 aliphatic rings. The van der Waals surface area contributed by atoms with Crippen LogP contribution in [0.5, 0.6) is 0 Å². The highest BCUT2D eigenvalue weighted by molar-refractivity contribution is 6.36. The van der Waals surface area contributed by atoms with E-state index < -0.39 is 46.8 Å². The van der Waals surface area contributed by atoms with Crippen molar-refractivity contribution in [3.63, 3.8) is 0 Å². The van der Waals surface area contributed by atoms with Crippen molar-refractivity contribution in [2.75, 3.05) is 6.54 Å². The van der Waals surface area contributed by atoms with Crippen molar-refractivity contribution < 1.29 is 24.1 Å². The fourth-order valence-corrected chi connectivity index (χ4v) is 6.18. The van der Waals surface area contributed by atoms with Crippen molar-refractivity contribution in [3.05, 3.63) is 73.8 Å². The number of hydrogen-bond donors (Lipinski definition) is 0. The second-order valence-electron chi connectivity index (χ2n) is 9.09. The highest BCUT2D eigenvalue weighted by Gasteiger charge is 2.62. The number of carbonyl (C=O) groups is 4. The lowest BCUT2D eigenvalue weighted by Crippen LogP contribution is -2.52. The van der Waals surface area contributed by atoms with Gasteiger partial charge in [-0.3, -0.25) is 29.3 Å². The first kappa shape index (κ1) is 23.4. The van der Waals surface area contributed by atoms with E-state index in [9.17, 15) is 29.3 Å². The van der Waals surface area contributed by atoms with Gasteiger partial charge in [0.1, 0.15) is 6.54 Å². The van der Waals surface area contributed by atoms with Crippen molar-refractivity contribution >= 4 is 52.4 Å².